The van der Waals surface area contributed by atoms with E-state index in [0.717, 1.165) is 42.7 Å². The summed E-state index contributed by atoms with van der Waals surface area (Å²) < 4.78 is 69.9. The van der Waals surface area contributed by atoms with Crippen LogP contribution in [0.2, 0.25) is 0 Å². The first-order valence-corrected chi connectivity index (χ1v) is 14.6. The van der Waals surface area contributed by atoms with Gasteiger partial charge in [0.05, 0.1) is 17.0 Å². The van der Waals surface area contributed by atoms with Gasteiger partial charge < -0.3 is 9.47 Å². The molecule has 2 aliphatic heterocycles. The number of pyridine rings is 1. The molecule has 3 aromatic rings. The van der Waals surface area contributed by atoms with E-state index >= 15 is 0 Å². The van der Waals surface area contributed by atoms with E-state index in [9.17, 15) is 26.4 Å². The summed E-state index contributed by atoms with van der Waals surface area (Å²) in [7, 11) is -4.19. The summed E-state index contributed by atoms with van der Waals surface area (Å²) in [5.74, 6) is -0.143. The van der Waals surface area contributed by atoms with Gasteiger partial charge >= 0.3 is 6.18 Å². The predicted octanol–water partition coefficient (Wildman–Crippen LogP) is 4.66. The predicted molar refractivity (Wildman–Crippen MR) is 139 cm³/mol. The van der Waals surface area contributed by atoms with E-state index < -0.39 is 32.7 Å². The third kappa shape index (κ3) is 6.04. The summed E-state index contributed by atoms with van der Waals surface area (Å²) >= 11 is 0. The van der Waals surface area contributed by atoms with Crippen molar-refractivity contribution in [2.45, 2.75) is 68.7 Å². The number of nitrogens with zero attached hydrogens (tertiary/aromatic N) is 4. The number of aryl methyl sites for hydroxylation is 2. The van der Waals surface area contributed by atoms with Gasteiger partial charge in [-0.1, -0.05) is 18.6 Å². The fourth-order valence-corrected chi connectivity index (χ4v) is 7.26. The zero-order valence-electron chi connectivity index (χ0n) is 21.5. The van der Waals surface area contributed by atoms with Crippen LogP contribution >= 0.6 is 0 Å². The first-order chi connectivity index (χ1) is 18.6. The van der Waals surface area contributed by atoms with Gasteiger partial charge in [-0.25, -0.2) is 8.42 Å². The molecule has 0 N–H and O–H groups in total. The van der Waals surface area contributed by atoms with Crippen molar-refractivity contribution in [2.24, 2.45) is 0 Å². The van der Waals surface area contributed by atoms with Gasteiger partial charge in [-0.2, -0.15) is 17.5 Å². The van der Waals surface area contributed by atoms with Crippen LogP contribution in [0, 0.1) is 0 Å². The van der Waals surface area contributed by atoms with Crippen molar-refractivity contribution in [1.82, 2.24) is 18.8 Å². The first-order valence-electron chi connectivity index (χ1n) is 13.2. The minimum absolute atomic E-state index is 0.00671. The van der Waals surface area contributed by atoms with Crippen LogP contribution in [0.4, 0.5) is 13.2 Å². The van der Waals surface area contributed by atoms with Gasteiger partial charge in [0.2, 0.25) is 15.9 Å². The lowest BCUT2D eigenvalue weighted by Gasteiger charge is -2.36. The number of carbonyl (C=O) groups excluding carboxylic acids is 1. The maximum atomic E-state index is 13.4. The number of halogens is 3. The minimum Gasteiger partial charge on any atom is -0.345 e. The van der Waals surface area contributed by atoms with Crippen molar-refractivity contribution in [1.29, 1.82) is 0 Å². The van der Waals surface area contributed by atoms with E-state index in [1.54, 1.807) is 11.1 Å². The van der Waals surface area contributed by atoms with Crippen LogP contribution in [0.25, 0.3) is 0 Å². The van der Waals surface area contributed by atoms with Crippen LogP contribution < -0.4 is 0 Å². The molecule has 1 amide bonds. The molecule has 0 spiro atoms. The highest BCUT2D eigenvalue weighted by Crippen LogP contribution is 2.33. The van der Waals surface area contributed by atoms with Gasteiger partial charge in [0.25, 0.3) is 0 Å². The Kier molecular flexibility index (Phi) is 7.82. The molecule has 0 aliphatic carbocycles. The molecule has 0 bridgehead atoms. The number of amides is 1. The average molecular weight is 561 g/mol. The Morgan fingerprint density at radius 3 is 2.62 bits per heavy atom. The van der Waals surface area contributed by atoms with E-state index in [2.05, 4.69) is 21.7 Å². The number of alkyl halides is 3. The number of hydrogen-bond acceptors (Lipinski definition) is 4. The third-order valence-electron chi connectivity index (χ3n) is 7.60. The standard InChI is InChI=1S/C28H31F3N4O3S/c29-28(30,31)22-6-3-8-26(17-22)39(37,38)35-14-2-1-7-24(35)18-27(36)33-15-16-34-23(11-12-25(34)20-33)10-9-21-5-4-13-32-19-21/h3-6,8,11-13,17,19,24H,1-2,7,9-10,14-16,18,20H2. The van der Waals surface area contributed by atoms with Crippen molar-refractivity contribution in [2.75, 3.05) is 13.1 Å². The minimum atomic E-state index is -4.65. The van der Waals surface area contributed by atoms with Gasteiger partial charge in [0.1, 0.15) is 0 Å². The van der Waals surface area contributed by atoms with Crippen molar-refractivity contribution in [3.8, 4) is 0 Å². The first kappa shape index (κ1) is 27.4. The lowest BCUT2D eigenvalue weighted by atomic mass is 10.0. The van der Waals surface area contributed by atoms with Crippen molar-refractivity contribution >= 4 is 15.9 Å². The van der Waals surface area contributed by atoms with E-state index in [1.165, 1.54) is 16.1 Å². The van der Waals surface area contributed by atoms with Gasteiger partial charge in [0, 0.05) is 55.9 Å². The van der Waals surface area contributed by atoms with Crippen LogP contribution in [0.3, 0.4) is 0 Å². The van der Waals surface area contributed by atoms with Crippen LogP contribution in [0.5, 0.6) is 0 Å². The summed E-state index contributed by atoms with van der Waals surface area (Å²) in [6, 6.07) is 11.3. The summed E-state index contributed by atoms with van der Waals surface area (Å²) in [5, 5.41) is 0. The molecule has 2 aliphatic rings. The fraction of sp³-hybridized carbons (Fsp3) is 0.429. The van der Waals surface area contributed by atoms with Crippen LogP contribution in [-0.2, 0) is 46.9 Å². The Hall–Kier alpha value is -3.18. The Bertz CT molecular complexity index is 1420. The quantitative estimate of drug-likeness (QED) is 0.421. The summed E-state index contributed by atoms with van der Waals surface area (Å²) in [5.41, 5.74) is 2.39. The normalized spacial score (nSPS) is 18.6. The molecule has 1 aromatic carbocycles. The number of fused-ring (bicyclic) bond motifs is 1. The van der Waals surface area contributed by atoms with Gasteiger partial charge in [-0.05, 0) is 67.6 Å². The Morgan fingerprint density at radius 2 is 1.85 bits per heavy atom. The molecule has 1 unspecified atom stereocenters. The van der Waals surface area contributed by atoms with E-state index in [-0.39, 0.29) is 18.9 Å². The lowest BCUT2D eigenvalue weighted by Crippen LogP contribution is -2.47. The zero-order valence-corrected chi connectivity index (χ0v) is 22.3. The molecule has 4 heterocycles. The SMILES string of the molecule is O=C(CC1CCCCN1S(=O)(=O)c1cccc(C(F)(F)F)c1)N1CCn2c(CCc3cccnc3)ccc2C1. The van der Waals surface area contributed by atoms with E-state index in [0.29, 0.717) is 38.5 Å². The highest BCUT2D eigenvalue weighted by Gasteiger charge is 2.38. The maximum Gasteiger partial charge on any atom is 0.416 e. The molecule has 0 saturated carbocycles. The molecule has 1 atom stereocenters. The number of hydrogen-bond donors (Lipinski definition) is 0. The molecule has 2 aromatic heterocycles. The number of benzene rings is 1. The molecule has 11 heteroatoms. The molecule has 1 fully saturated rings. The van der Waals surface area contributed by atoms with Gasteiger partial charge in [-0.15, -0.1) is 0 Å². The van der Waals surface area contributed by atoms with Crippen molar-refractivity contribution in [3.05, 3.63) is 83.4 Å². The monoisotopic (exact) mass is 560 g/mol. The molecule has 0 radical (unpaired) electrons. The van der Waals surface area contributed by atoms with Gasteiger partial charge in [0.15, 0.2) is 0 Å². The number of carbonyl (C=O) groups is 1. The second kappa shape index (κ2) is 11.1. The highest BCUT2D eigenvalue weighted by atomic mass is 32.2. The smallest absolute Gasteiger partial charge is 0.345 e. The summed E-state index contributed by atoms with van der Waals surface area (Å²) in [6.45, 7) is 1.80. The molecular formula is C28H31F3N4O3S. The topological polar surface area (TPSA) is 75.5 Å². The number of sulfonamides is 1. The molecular weight excluding hydrogens is 529 g/mol. The zero-order chi connectivity index (χ0) is 27.6. The van der Waals surface area contributed by atoms with Crippen LogP contribution in [-0.4, -0.2) is 52.2 Å². The Balaban J connectivity index is 1.25. The second-order valence-corrected chi connectivity index (χ2v) is 12.0. The molecule has 1 saturated heterocycles. The molecule has 39 heavy (non-hydrogen) atoms. The Labute approximate surface area is 226 Å². The fourth-order valence-electron chi connectivity index (χ4n) is 5.52. The maximum absolute atomic E-state index is 13.4. The third-order valence-corrected chi connectivity index (χ3v) is 9.55. The number of aromatic nitrogens is 2. The molecule has 208 valence electrons. The second-order valence-electron chi connectivity index (χ2n) is 10.1. The average Bonchev–Trinajstić information content (AvgIpc) is 3.34. The van der Waals surface area contributed by atoms with E-state index in [1.807, 2.05) is 18.3 Å². The van der Waals surface area contributed by atoms with Crippen molar-refractivity contribution in [3.63, 3.8) is 0 Å². The van der Waals surface area contributed by atoms with Crippen molar-refractivity contribution < 1.29 is 26.4 Å². The van der Waals surface area contributed by atoms with Crippen LogP contribution in [0.15, 0.2) is 65.8 Å². The summed E-state index contributed by atoms with van der Waals surface area (Å²) in [4.78, 5) is 18.8. The van der Waals surface area contributed by atoms with Gasteiger partial charge in [-0.3, -0.25) is 9.78 Å². The van der Waals surface area contributed by atoms with E-state index in [4.69, 9.17) is 0 Å². The largest absolute Gasteiger partial charge is 0.416 e. The molecule has 7 nitrogen and oxygen atoms in total. The van der Waals surface area contributed by atoms with Crippen LogP contribution in [0.1, 0.15) is 48.2 Å². The molecule has 5 rings (SSSR count). The highest BCUT2D eigenvalue weighted by molar-refractivity contribution is 7.89. The number of piperidine rings is 1. The lowest BCUT2D eigenvalue weighted by molar-refractivity contribution is -0.137. The summed E-state index contributed by atoms with van der Waals surface area (Å²) in [6.07, 6.45) is 2.57. The number of rotatable bonds is 7. The Morgan fingerprint density at radius 1 is 1.00 bits per heavy atom.